The zero-order chi connectivity index (χ0) is 12.3. The van der Waals surface area contributed by atoms with Crippen LogP contribution in [0.3, 0.4) is 0 Å². The molecule has 0 fully saturated rings. The summed E-state index contributed by atoms with van der Waals surface area (Å²) in [6.45, 7) is 4.44. The third-order valence-corrected chi connectivity index (χ3v) is 6.05. The third-order valence-electron chi connectivity index (χ3n) is 1.44. The molecule has 0 rings (SSSR count). The van der Waals surface area contributed by atoms with Gasteiger partial charge in [0.25, 0.3) is 0 Å². The molecule has 3 nitrogen and oxygen atoms in total. The van der Waals surface area contributed by atoms with Crippen LogP contribution in [0.15, 0.2) is 0 Å². The van der Waals surface area contributed by atoms with E-state index < -0.39 is 16.3 Å². The van der Waals surface area contributed by atoms with E-state index in [0.29, 0.717) is 0 Å². The van der Waals surface area contributed by atoms with Gasteiger partial charge in [0.05, 0.1) is 0 Å². The summed E-state index contributed by atoms with van der Waals surface area (Å²) in [4.78, 5) is 8.78. The van der Waals surface area contributed by atoms with Gasteiger partial charge in [-0.15, -0.1) is 0 Å². The minimum absolute atomic E-state index is 0.918. The Morgan fingerprint density at radius 2 is 1.47 bits per heavy atom. The Morgan fingerprint density at radius 3 is 1.67 bits per heavy atom. The number of amides is 1. The summed E-state index contributed by atoms with van der Waals surface area (Å²) in [6, 6.07) is 0. The van der Waals surface area contributed by atoms with Gasteiger partial charge in [0.15, 0.2) is 0 Å². The zero-order valence-corrected chi connectivity index (χ0v) is 12.2. The SMILES string of the molecule is CCC[CH2][Ni]([SH])([SH])[CH2]CCC.NC(=O)O. The van der Waals surface area contributed by atoms with Crippen LogP contribution < -0.4 is 5.73 Å². The van der Waals surface area contributed by atoms with Gasteiger partial charge in [-0.05, 0) is 0 Å². The van der Waals surface area contributed by atoms with Crippen molar-refractivity contribution in [1.82, 2.24) is 0 Å². The van der Waals surface area contributed by atoms with Gasteiger partial charge in [0.1, 0.15) is 0 Å². The van der Waals surface area contributed by atoms with Gasteiger partial charge in [0, 0.05) is 0 Å². The Labute approximate surface area is 104 Å². The first-order chi connectivity index (χ1) is 6.85. The average molecular weight is 300 g/mol. The first kappa shape index (κ1) is 17.8. The van der Waals surface area contributed by atoms with Gasteiger partial charge in [-0.25, -0.2) is 4.79 Å². The number of carbonyl (C=O) groups is 1. The standard InChI is InChI=1S/2C4H9.CH3NO2.Ni.2H2S/c2*1-3-4-2;2-1(3)4;;;/h2*1,3-4H2,2H3;2H2,(H,3,4);;2*1H2/q;;;+2;;/p-2. The Bertz CT molecular complexity index is 154. The van der Waals surface area contributed by atoms with Gasteiger partial charge in [-0.1, -0.05) is 0 Å². The first-order valence-corrected chi connectivity index (χ1v) is 9.47. The van der Waals surface area contributed by atoms with Crippen LogP contribution in [0.5, 0.6) is 0 Å². The van der Waals surface area contributed by atoms with Gasteiger partial charge in [0.2, 0.25) is 0 Å². The number of thiol groups is 2. The van der Waals surface area contributed by atoms with Crippen LogP contribution in [0.1, 0.15) is 39.5 Å². The summed E-state index contributed by atoms with van der Waals surface area (Å²) in [5, 5.41) is 9.65. The quantitative estimate of drug-likeness (QED) is 0.444. The van der Waals surface area contributed by atoms with Crippen LogP contribution in [-0.4, -0.2) is 11.2 Å². The topological polar surface area (TPSA) is 63.3 Å². The van der Waals surface area contributed by atoms with Crippen molar-refractivity contribution in [3.63, 3.8) is 0 Å². The minimum atomic E-state index is -1.33. The predicted octanol–water partition coefficient (Wildman–Crippen LogP) is 3.89. The molecular weight excluding hydrogens is 277 g/mol. The molecule has 98 valence electrons. The second-order valence-electron chi connectivity index (χ2n) is 2.98. The summed E-state index contributed by atoms with van der Waals surface area (Å²) >= 11 is 9.23. The summed E-state index contributed by atoms with van der Waals surface area (Å²) in [5.74, 6) is 0. The van der Waals surface area contributed by atoms with Crippen molar-refractivity contribution in [1.29, 1.82) is 0 Å². The summed E-state index contributed by atoms with van der Waals surface area (Å²) in [5.41, 5.74) is 4.03. The van der Waals surface area contributed by atoms with Gasteiger partial charge < -0.3 is 10.8 Å². The van der Waals surface area contributed by atoms with Crippen LogP contribution >= 0.6 is 22.3 Å². The molecule has 1 amide bonds. The molecule has 0 aliphatic heterocycles. The van der Waals surface area contributed by atoms with Crippen LogP contribution in [0.4, 0.5) is 4.79 Å². The maximum absolute atomic E-state index is 8.78. The number of hydrogen-bond donors (Lipinski definition) is 4. The minimum Gasteiger partial charge on any atom is -0.465 e. The van der Waals surface area contributed by atoms with Crippen molar-refractivity contribution >= 4 is 28.4 Å². The molecule has 0 heterocycles. The molecule has 0 aromatic carbocycles. The number of nitrogens with two attached hydrogens (primary N) is 1. The Kier molecular flexibility index (Phi) is 13.0. The van der Waals surface area contributed by atoms with Crippen molar-refractivity contribution in [2.45, 2.75) is 50.3 Å². The average Bonchev–Trinajstić information content (AvgIpc) is 2.11. The Hall–Kier alpha value is 0.464. The summed E-state index contributed by atoms with van der Waals surface area (Å²) in [6.07, 6.45) is 3.78. The van der Waals surface area contributed by atoms with E-state index in [1.165, 1.54) is 36.5 Å². The molecule has 0 spiro atoms. The molecule has 0 saturated carbocycles. The molecule has 0 aromatic heterocycles. The molecule has 3 N–H and O–H groups in total. The maximum Gasteiger partial charge on any atom is 0.402 e. The van der Waals surface area contributed by atoms with E-state index in [-0.39, 0.29) is 0 Å². The fourth-order valence-electron chi connectivity index (χ4n) is 0.661. The van der Waals surface area contributed by atoms with E-state index in [4.69, 9.17) is 9.90 Å². The molecule has 0 aromatic rings. The molecule has 0 atom stereocenters. The molecule has 0 aliphatic carbocycles. The van der Waals surface area contributed by atoms with E-state index in [1.54, 1.807) is 0 Å². The van der Waals surface area contributed by atoms with E-state index in [1.807, 2.05) is 0 Å². The number of carboxylic acid groups (broad SMARTS) is 1. The second kappa shape index (κ2) is 11.0. The van der Waals surface area contributed by atoms with Crippen molar-refractivity contribution in [2.24, 2.45) is 5.73 Å². The molecule has 0 saturated heterocycles. The molecule has 15 heavy (non-hydrogen) atoms. The Morgan fingerprint density at radius 1 is 1.20 bits per heavy atom. The van der Waals surface area contributed by atoms with Crippen LogP contribution in [0.25, 0.3) is 0 Å². The number of hydrogen-bond acceptors (Lipinski definition) is 3. The summed E-state index contributed by atoms with van der Waals surface area (Å²) in [7, 11) is -0.918. The molecule has 6 heteroatoms. The third kappa shape index (κ3) is 20.5. The van der Waals surface area contributed by atoms with E-state index in [2.05, 4.69) is 41.9 Å². The largest absolute Gasteiger partial charge is 0.465 e. The van der Waals surface area contributed by atoms with E-state index >= 15 is 0 Å². The van der Waals surface area contributed by atoms with Crippen LogP contribution in [0, 0.1) is 0 Å². The van der Waals surface area contributed by atoms with Crippen molar-refractivity contribution in [3.05, 3.63) is 0 Å². The summed E-state index contributed by atoms with van der Waals surface area (Å²) < 4.78 is 0. The van der Waals surface area contributed by atoms with Crippen molar-refractivity contribution in [2.75, 3.05) is 0 Å². The van der Waals surface area contributed by atoms with Gasteiger partial charge in [-0.2, -0.15) is 0 Å². The van der Waals surface area contributed by atoms with E-state index in [9.17, 15) is 0 Å². The van der Waals surface area contributed by atoms with Gasteiger partial charge >= 0.3 is 88.9 Å². The van der Waals surface area contributed by atoms with Crippen LogP contribution in [0.2, 0.25) is 10.8 Å². The maximum atomic E-state index is 8.78. The monoisotopic (exact) mass is 299 g/mol. The smallest absolute Gasteiger partial charge is 0.402 e. The fourth-order valence-corrected chi connectivity index (χ4v) is 4.37. The second-order valence-corrected chi connectivity index (χ2v) is 11.3. The predicted molar refractivity (Wildman–Crippen MR) is 69.6 cm³/mol. The van der Waals surface area contributed by atoms with Crippen molar-refractivity contribution < 1.29 is 20.1 Å². The molecule has 0 bridgehead atoms. The number of rotatable bonds is 6. The van der Waals surface area contributed by atoms with Crippen LogP contribution in [-0.2, 0) is 10.2 Å². The molecular formula is C9H23NNiO2S2. The Balaban J connectivity index is 0. The number of unbranched alkanes of at least 4 members (excludes halogenated alkanes) is 2. The normalized spacial score (nSPS) is 11.5. The fraction of sp³-hybridized carbons (Fsp3) is 0.889. The van der Waals surface area contributed by atoms with E-state index in [0.717, 1.165) is 0 Å². The van der Waals surface area contributed by atoms with Gasteiger partial charge in [-0.3, -0.25) is 0 Å². The first-order valence-electron chi connectivity index (χ1n) is 4.86. The molecule has 0 aliphatic rings. The number of primary amides is 1. The molecule has 0 unspecified atom stereocenters. The molecule has 0 radical (unpaired) electrons. The zero-order valence-electron chi connectivity index (χ0n) is 9.39. The van der Waals surface area contributed by atoms with Crippen molar-refractivity contribution in [3.8, 4) is 0 Å².